The number of rotatable bonds is 5. The highest BCUT2D eigenvalue weighted by atomic mass is 32.2. The summed E-state index contributed by atoms with van der Waals surface area (Å²) in [6.07, 6.45) is -1.30. The fourth-order valence-electron chi connectivity index (χ4n) is 0.471. The Kier molecular flexibility index (Phi) is 6.73. The lowest BCUT2D eigenvalue weighted by atomic mass is 10.3. The van der Waals surface area contributed by atoms with Crippen molar-refractivity contribution >= 4 is 24.4 Å². The minimum absolute atomic E-state index is 0.325. The molecular formula is C6H14O2S2. The molecule has 0 aromatic carbocycles. The zero-order valence-corrected chi connectivity index (χ0v) is 7.74. The average molecular weight is 182 g/mol. The summed E-state index contributed by atoms with van der Waals surface area (Å²) in [5, 5.41) is 18.1. The summed E-state index contributed by atoms with van der Waals surface area (Å²) in [4.78, 5) is 0. The molecule has 0 saturated carbocycles. The Morgan fingerprint density at radius 1 is 1.40 bits per heavy atom. The van der Waals surface area contributed by atoms with E-state index in [0.29, 0.717) is 11.5 Å². The van der Waals surface area contributed by atoms with E-state index in [2.05, 4.69) is 12.6 Å². The third-order valence-electron chi connectivity index (χ3n) is 1.12. The van der Waals surface area contributed by atoms with E-state index >= 15 is 0 Å². The number of aliphatic hydroxyl groups is 2. The zero-order chi connectivity index (χ0) is 7.98. The van der Waals surface area contributed by atoms with Crippen LogP contribution in [0.3, 0.4) is 0 Å². The van der Waals surface area contributed by atoms with Gasteiger partial charge >= 0.3 is 0 Å². The Bertz CT molecular complexity index is 80.1. The smallest absolute Gasteiger partial charge is 0.0897 e. The first-order chi connectivity index (χ1) is 4.72. The van der Waals surface area contributed by atoms with Crippen molar-refractivity contribution in [2.24, 2.45) is 0 Å². The summed E-state index contributed by atoms with van der Waals surface area (Å²) in [5.74, 6) is 1.89. The molecule has 0 aliphatic carbocycles. The van der Waals surface area contributed by atoms with Crippen LogP contribution in [0.1, 0.15) is 6.92 Å². The predicted octanol–water partition coefficient (Wildman–Crippen LogP) is 0.391. The van der Waals surface area contributed by atoms with Crippen molar-refractivity contribution in [1.82, 2.24) is 0 Å². The second kappa shape index (κ2) is 6.34. The summed E-state index contributed by atoms with van der Waals surface area (Å²) in [6, 6.07) is 0. The molecule has 0 aliphatic rings. The Morgan fingerprint density at radius 2 is 2.00 bits per heavy atom. The van der Waals surface area contributed by atoms with Gasteiger partial charge in [-0.1, -0.05) is 6.92 Å². The van der Waals surface area contributed by atoms with Gasteiger partial charge in [-0.3, -0.25) is 0 Å². The van der Waals surface area contributed by atoms with E-state index < -0.39 is 12.2 Å². The number of hydrogen-bond donors (Lipinski definition) is 3. The maximum absolute atomic E-state index is 9.13. The zero-order valence-electron chi connectivity index (χ0n) is 6.03. The van der Waals surface area contributed by atoms with Gasteiger partial charge in [0, 0.05) is 11.5 Å². The molecule has 0 bridgehead atoms. The molecule has 0 fully saturated rings. The summed E-state index contributed by atoms with van der Waals surface area (Å²) < 4.78 is 0. The van der Waals surface area contributed by atoms with Crippen molar-refractivity contribution in [3.63, 3.8) is 0 Å². The van der Waals surface area contributed by atoms with Gasteiger partial charge in [0.2, 0.25) is 0 Å². The third-order valence-corrected chi connectivity index (χ3v) is 2.48. The van der Waals surface area contributed by atoms with E-state index in [4.69, 9.17) is 10.2 Å². The predicted molar refractivity (Wildman–Crippen MR) is 48.9 cm³/mol. The third kappa shape index (κ3) is 4.44. The molecule has 0 heterocycles. The fourth-order valence-corrected chi connectivity index (χ4v) is 1.41. The molecule has 2 nitrogen and oxygen atoms in total. The second-order valence-electron chi connectivity index (χ2n) is 1.98. The van der Waals surface area contributed by atoms with Gasteiger partial charge in [0.05, 0.1) is 12.2 Å². The van der Waals surface area contributed by atoms with Crippen LogP contribution in [0.5, 0.6) is 0 Å². The van der Waals surface area contributed by atoms with Crippen LogP contribution in [-0.2, 0) is 0 Å². The van der Waals surface area contributed by atoms with Crippen LogP contribution >= 0.6 is 24.4 Å². The van der Waals surface area contributed by atoms with Gasteiger partial charge in [0.25, 0.3) is 0 Å². The van der Waals surface area contributed by atoms with Gasteiger partial charge in [0.1, 0.15) is 0 Å². The van der Waals surface area contributed by atoms with E-state index in [-0.39, 0.29) is 0 Å². The van der Waals surface area contributed by atoms with E-state index in [1.807, 2.05) is 6.92 Å². The van der Waals surface area contributed by atoms with Crippen molar-refractivity contribution in [3.05, 3.63) is 0 Å². The highest BCUT2D eigenvalue weighted by molar-refractivity contribution is 7.99. The normalized spacial score (nSPS) is 16.8. The Balaban J connectivity index is 3.31. The van der Waals surface area contributed by atoms with Crippen LogP contribution < -0.4 is 0 Å². The number of thioether (sulfide) groups is 1. The van der Waals surface area contributed by atoms with Crippen LogP contribution in [0.2, 0.25) is 0 Å². The van der Waals surface area contributed by atoms with Crippen molar-refractivity contribution < 1.29 is 10.2 Å². The van der Waals surface area contributed by atoms with E-state index in [0.717, 1.165) is 5.75 Å². The first-order valence-corrected chi connectivity index (χ1v) is 5.05. The van der Waals surface area contributed by atoms with Gasteiger partial charge < -0.3 is 10.2 Å². The molecule has 4 heteroatoms. The van der Waals surface area contributed by atoms with Crippen LogP contribution in [0.15, 0.2) is 0 Å². The van der Waals surface area contributed by atoms with Crippen molar-refractivity contribution in [3.8, 4) is 0 Å². The molecular weight excluding hydrogens is 168 g/mol. The molecule has 2 atom stereocenters. The van der Waals surface area contributed by atoms with Gasteiger partial charge in [0.15, 0.2) is 0 Å². The summed E-state index contributed by atoms with van der Waals surface area (Å²) in [5.41, 5.74) is 0. The Morgan fingerprint density at radius 3 is 2.40 bits per heavy atom. The molecule has 0 saturated heterocycles. The van der Waals surface area contributed by atoms with Crippen LogP contribution in [-0.4, -0.2) is 39.7 Å². The maximum Gasteiger partial charge on any atom is 0.0897 e. The SMILES string of the molecule is CCSCC(O)C(O)CS. The molecule has 0 aliphatic heterocycles. The largest absolute Gasteiger partial charge is 0.390 e. The van der Waals surface area contributed by atoms with Crippen LogP contribution in [0.4, 0.5) is 0 Å². The van der Waals surface area contributed by atoms with E-state index in [1.165, 1.54) is 0 Å². The fraction of sp³-hybridized carbons (Fsp3) is 1.00. The monoisotopic (exact) mass is 182 g/mol. The summed E-state index contributed by atoms with van der Waals surface area (Å²) >= 11 is 5.47. The lowest BCUT2D eigenvalue weighted by molar-refractivity contribution is 0.0502. The highest BCUT2D eigenvalue weighted by Gasteiger charge is 2.13. The maximum atomic E-state index is 9.13. The topological polar surface area (TPSA) is 40.5 Å². The van der Waals surface area contributed by atoms with Crippen molar-refractivity contribution in [2.75, 3.05) is 17.3 Å². The molecule has 2 N–H and O–H groups in total. The van der Waals surface area contributed by atoms with Gasteiger partial charge in [-0.15, -0.1) is 0 Å². The average Bonchev–Trinajstić information content (AvgIpc) is 1.98. The van der Waals surface area contributed by atoms with Crippen LogP contribution in [0.25, 0.3) is 0 Å². The van der Waals surface area contributed by atoms with E-state index in [9.17, 15) is 0 Å². The molecule has 0 rings (SSSR count). The molecule has 0 aromatic rings. The summed E-state index contributed by atoms with van der Waals surface area (Å²) in [7, 11) is 0. The van der Waals surface area contributed by atoms with Gasteiger partial charge in [-0.2, -0.15) is 24.4 Å². The van der Waals surface area contributed by atoms with Crippen LogP contribution in [0, 0.1) is 0 Å². The minimum Gasteiger partial charge on any atom is -0.390 e. The lowest BCUT2D eigenvalue weighted by Gasteiger charge is -2.14. The quantitative estimate of drug-likeness (QED) is 0.539. The Hall–Kier alpha value is 0.620. The highest BCUT2D eigenvalue weighted by Crippen LogP contribution is 2.05. The molecule has 2 unspecified atom stereocenters. The molecule has 0 radical (unpaired) electrons. The second-order valence-corrected chi connectivity index (χ2v) is 3.66. The standard InChI is InChI=1S/C6H14O2S2/c1-2-10-4-6(8)5(7)3-9/h5-9H,2-4H2,1H3. The number of thiol groups is 1. The van der Waals surface area contributed by atoms with Crippen molar-refractivity contribution in [2.45, 2.75) is 19.1 Å². The molecule has 10 heavy (non-hydrogen) atoms. The first-order valence-electron chi connectivity index (χ1n) is 3.27. The molecule has 62 valence electrons. The van der Waals surface area contributed by atoms with Gasteiger partial charge in [-0.25, -0.2) is 0 Å². The summed E-state index contributed by atoms with van der Waals surface area (Å²) in [6.45, 7) is 2.02. The lowest BCUT2D eigenvalue weighted by Crippen LogP contribution is -2.29. The molecule has 0 aromatic heterocycles. The van der Waals surface area contributed by atoms with Gasteiger partial charge in [-0.05, 0) is 5.75 Å². The van der Waals surface area contributed by atoms with Crippen molar-refractivity contribution in [1.29, 1.82) is 0 Å². The molecule has 0 spiro atoms. The van der Waals surface area contributed by atoms with E-state index in [1.54, 1.807) is 11.8 Å². The number of hydrogen-bond acceptors (Lipinski definition) is 4. The Labute approximate surface area is 71.4 Å². The minimum atomic E-state index is -0.678. The first kappa shape index (κ1) is 10.6. The molecule has 0 amide bonds. The number of aliphatic hydroxyl groups excluding tert-OH is 2.